The van der Waals surface area contributed by atoms with E-state index in [9.17, 15) is 43.2 Å². The zero-order valence-electron chi connectivity index (χ0n) is 63.2. The molecule has 0 aromatic heterocycles. The van der Waals surface area contributed by atoms with Gasteiger partial charge in [-0.3, -0.25) is 37.3 Å². The minimum absolute atomic E-state index is 0.0713. The van der Waals surface area contributed by atoms with E-state index >= 15 is 0 Å². The van der Waals surface area contributed by atoms with E-state index < -0.39 is 97.5 Å². The number of unbranched alkanes of at least 4 members (excludes halogenated alkanes) is 20. The molecule has 0 saturated carbocycles. The van der Waals surface area contributed by atoms with E-state index in [0.717, 1.165) is 173 Å². The summed E-state index contributed by atoms with van der Waals surface area (Å²) in [5, 5.41) is 10.6. The van der Waals surface area contributed by atoms with E-state index in [4.69, 9.17) is 37.0 Å². The van der Waals surface area contributed by atoms with Gasteiger partial charge in [-0.1, -0.05) is 269 Å². The molecule has 0 rings (SSSR count). The summed E-state index contributed by atoms with van der Waals surface area (Å²) in [5.41, 5.74) is 0. The maximum Gasteiger partial charge on any atom is 0.472 e. The molecule has 0 bridgehead atoms. The Balaban J connectivity index is 5.43. The Hall–Kier alpha value is -5.32. The average molecular weight is 1470 g/mol. The number of carbonyl (C=O) groups is 4. The highest BCUT2D eigenvalue weighted by Gasteiger charge is 2.30. The molecule has 102 heavy (non-hydrogen) atoms. The van der Waals surface area contributed by atoms with E-state index in [-0.39, 0.29) is 25.7 Å². The molecule has 5 unspecified atom stereocenters. The molecular formula is C83H136O17P2. The second kappa shape index (κ2) is 74.0. The second-order valence-electron chi connectivity index (χ2n) is 25.2. The third-order valence-corrected chi connectivity index (χ3v) is 17.4. The van der Waals surface area contributed by atoms with Crippen molar-refractivity contribution in [1.82, 2.24) is 0 Å². The second-order valence-corrected chi connectivity index (χ2v) is 28.1. The Morgan fingerprint density at radius 3 is 0.912 bits per heavy atom. The monoisotopic (exact) mass is 1470 g/mol. The highest BCUT2D eigenvalue weighted by atomic mass is 31.2. The summed E-state index contributed by atoms with van der Waals surface area (Å²) in [4.78, 5) is 72.8. The molecular weight excluding hydrogens is 1330 g/mol. The lowest BCUT2D eigenvalue weighted by Gasteiger charge is -2.21. The van der Waals surface area contributed by atoms with Crippen molar-refractivity contribution in [2.24, 2.45) is 0 Å². The molecule has 17 nitrogen and oxygen atoms in total. The summed E-state index contributed by atoms with van der Waals surface area (Å²) < 4.78 is 68.3. The van der Waals surface area contributed by atoms with Crippen molar-refractivity contribution >= 4 is 39.5 Å². The fourth-order valence-electron chi connectivity index (χ4n) is 9.63. The third-order valence-electron chi connectivity index (χ3n) is 15.5. The van der Waals surface area contributed by atoms with Gasteiger partial charge in [0, 0.05) is 19.3 Å². The van der Waals surface area contributed by atoms with Crippen LogP contribution in [0.1, 0.15) is 285 Å². The summed E-state index contributed by atoms with van der Waals surface area (Å²) in [6.45, 7) is 4.39. The lowest BCUT2D eigenvalue weighted by atomic mass is 10.1. The largest absolute Gasteiger partial charge is 0.472 e. The first kappa shape index (κ1) is 96.7. The van der Waals surface area contributed by atoms with Gasteiger partial charge in [-0.25, -0.2) is 9.13 Å². The van der Waals surface area contributed by atoms with Crippen LogP contribution >= 0.6 is 15.6 Å². The molecule has 0 spiro atoms. The first-order valence-electron chi connectivity index (χ1n) is 38.7. The Morgan fingerprint density at radius 1 is 0.294 bits per heavy atom. The number of allylic oxidation sites excluding steroid dienone is 25. The van der Waals surface area contributed by atoms with Gasteiger partial charge in [0.2, 0.25) is 0 Å². The summed E-state index contributed by atoms with van der Waals surface area (Å²) in [6, 6.07) is 0. The van der Waals surface area contributed by atoms with Crippen molar-refractivity contribution in [1.29, 1.82) is 0 Å². The zero-order valence-corrected chi connectivity index (χ0v) is 65.0. The first-order valence-corrected chi connectivity index (χ1v) is 41.7. The maximum atomic E-state index is 13.1. The van der Waals surface area contributed by atoms with Crippen molar-refractivity contribution in [3.05, 3.63) is 158 Å². The van der Waals surface area contributed by atoms with E-state index in [2.05, 4.69) is 161 Å². The van der Waals surface area contributed by atoms with E-state index in [1.54, 1.807) is 12.2 Å². The number of hydrogen-bond acceptors (Lipinski definition) is 15. The molecule has 0 aromatic carbocycles. The van der Waals surface area contributed by atoms with Gasteiger partial charge in [0.15, 0.2) is 12.2 Å². The number of esters is 4. The summed E-state index contributed by atoms with van der Waals surface area (Å²) >= 11 is 0. The lowest BCUT2D eigenvalue weighted by molar-refractivity contribution is -0.161. The highest BCUT2D eigenvalue weighted by molar-refractivity contribution is 7.47. The zero-order chi connectivity index (χ0) is 74.6. The van der Waals surface area contributed by atoms with Crippen LogP contribution in [-0.4, -0.2) is 96.7 Å². The van der Waals surface area contributed by atoms with Crippen LogP contribution in [0.25, 0.3) is 0 Å². The number of rotatable bonds is 71. The molecule has 0 aliphatic carbocycles. The highest BCUT2D eigenvalue weighted by Crippen LogP contribution is 2.45. The SMILES string of the molecule is CC/C=C\C/C=C\C/C=C\C/C=C\C/C=C\CC(=O)OC(COC(=O)CCCCCCCC/C=C\C/C=C\C/C=C\CCCCC)COP(=O)(O)OCC(O)COP(=O)(O)OCC(COC(=O)CCCCCC/C=C\C/C=C\C/C=C\C/C=C\CC)OC(=O)CCCCCCC/C=C\CCCC. The fraction of sp³-hybridized carbons (Fsp3) is 0.639. The van der Waals surface area contributed by atoms with Crippen LogP contribution < -0.4 is 0 Å². The number of ether oxygens (including phenoxy) is 4. The molecule has 580 valence electrons. The number of phosphoric acid groups is 2. The summed E-state index contributed by atoms with van der Waals surface area (Å²) in [7, 11) is -10.0. The van der Waals surface area contributed by atoms with Gasteiger partial charge >= 0.3 is 39.5 Å². The van der Waals surface area contributed by atoms with Crippen molar-refractivity contribution < 1.29 is 80.2 Å². The smallest absolute Gasteiger partial charge is 0.462 e. The van der Waals surface area contributed by atoms with Gasteiger partial charge in [0.25, 0.3) is 0 Å². The quantitative estimate of drug-likeness (QED) is 0.0169. The molecule has 0 fully saturated rings. The Kier molecular flexibility index (Phi) is 70.1. The standard InChI is InChI=1S/C83H136O17P2/c1-5-9-13-17-21-25-29-32-35-37-38-40-43-45-49-52-56-60-64-68-81(86)94-74-79(100-83(88)70-66-62-58-54-50-46-41-34-31-27-23-19-15-11-7-3)76-98-102(91,92)96-72-77(84)71-95-101(89,90)97-75-78(99-82(87)69-65-61-57-53-47-28-24-20-16-12-8-4)73-93-80(85)67-63-59-55-51-48-44-42-39-36-33-30-26-22-18-14-10-6-2/h10-11,14-15,20-27,32-36,38,40-42,44,50,54,62,66,77-79,84H,5-9,12-13,16-19,28-31,37,39,43,45-49,51-53,55-61,63-65,67-76H2,1-4H3,(H,89,90)(H,91,92)/b14-10-,15-11-,24-20-,25-21-,26-22-,27-23-,35-32-,36-33-,40-38-,41-34-,44-42-,54-50-,66-62-. The van der Waals surface area contributed by atoms with Crippen LogP contribution in [0.5, 0.6) is 0 Å². The van der Waals surface area contributed by atoms with Crippen molar-refractivity contribution in [2.45, 2.75) is 303 Å². The fourth-order valence-corrected chi connectivity index (χ4v) is 11.2. The van der Waals surface area contributed by atoms with Crippen LogP contribution in [0.4, 0.5) is 0 Å². The van der Waals surface area contributed by atoms with Gasteiger partial charge in [0.1, 0.15) is 19.3 Å². The molecule has 0 aliphatic heterocycles. The molecule has 0 heterocycles. The van der Waals surface area contributed by atoms with Crippen molar-refractivity contribution in [3.63, 3.8) is 0 Å². The molecule has 0 amide bonds. The number of aliphatic hydroxyl groups excluding tert-OH is 1. The van der Waals surface area contributed by atoms with Gasteiger partial charge in [0.05, 0.1) is 32.8 Å². The van der Waals surface area contributed by atoms with Crippen LogP contribution in [0.15, 0.2) is 158 Å². The Morgan fingerprint density at radius 2 is 0.559 bits per heavy atom. The van der Waals surface area contributed by atoms with Gasteiger partial charge in [-0.15, -0.1) is 0 Å². The normalized spacial score (nSPS) is 14.8. The van der Waals surface area contributed by atoms with Gasteiger partial charge < -0.3 is 33.8 Å². The predicted octanol–water partition coefficient (Wildman–Crippen LogP) is 22.4. The molecule has 19 heteroatoms. The molecule has 0 aliphatic rings. The lowest BCUT2D eigenvalue weighted by Crippen LogP contribution is -2.30. The minimum Gasteiger partial charge on any atom is -0.462 e. The topological polar surface area (TPSA) is 237 Å². The van der Waals surface area contributed by atoms with Gasteiger partial charge in [-0.2, -0.15) is 0 Å². The minimum atomic E-state index is -5.01. The van der Waals surface area contributed by atoms with Crippen molar-refractivity contribution in [3.8, 4) is 0 Å². The average Bonchev–Trinajstić information content (AvgIpc) is 0.936. The molecule has 0 radical (unpaired) electrons. The number of hydrogen-bond donors (Lipinski definition) is 3. The molecule has 0 saturated heterocycles. The van der Waals surface area contributed by atoms with Crippen LogP contribution in [0, 0.1) is 0 Å². The Bertz CT molecular complexity index is 2550. The van der Waals surface area contributed by atoms with E-state index in [1.807, 2.05) is 12.2 Å². The predicted molar refractivity (Wildman–Crippen MR) is 417 cm³/mol. The molecule has 3 N–H and O–H groups in total. The first-order chi connectivity index (χ1) is 49.7. The molecule has 5 atom stereocenters. The number of phosphoric ester groups is 2. The number of aliphatic hydroxyl groups is 1. The number of carbonyl (C=O) groups excluding carboxylic acids is 4. The van der Waals surface area contributed by atoms with Crippen LogP contribution in [0.3, 0.4) is 0 Å². The van der Waals surface area contributed by atoms with E-state index in [0.29, 0.717) is 25.7 Å². The third kappa shape index (κ3) is 73.0. The molecule has 0 aromatic rings. The Labute approximate surface area is 617 Å². The van der Waals surface area contributed by atoms with Crippen LogP contribution in [0.2, 0.25) is 0 Å². The summed E-state index contributed by atoms with van der Waals surface area (Å²) in [6.07, 6.45) is 85.5. The maximum absolute atomic E-state index is 13.1. The van der Waals surface area contributed by atoms with Crippen molar-refractivity contribution in [2.75, 3.05) is 39.6 Å². The van der Waals surface area contributed by atoms with Crippen LogP contribution in [-0.2, 0) is 65.4 Å². The van der Waals surface area contributed by atoms with Gasteiger partial charge in [-0.05, 0) is 148 Å². The summed E-state index contributed by atoms with van der Waals surface area (Å²) in [5.74, 6) is -2.39. The van der Waals surface area contributed by atoms with E-state index in [1.165, 1.54) is 32.1 Å².